The van der Waals surface area contributed by atoms with E-state index < -0.39 is 0 Å². The molecular weight excluding hydrogens is 256 g/mol. The molecule has 2 aromatic rings. The van der Waals surface area contributed by atoms with Crippen LogP contribution in [0.25, 0.3) is 0 Å². The minimum absolute atomic E-state index is 0.184. The van der Waals surface area contributed by atoms with Crippen LogP contribution in [0.5, 0.6) is 0 Å². The number of Topliss-reactive ketones (excluding diaryl/α,β-unsaturated/α-hetero) is 1. The number of thiazole rings is 1. The fourth-order valence-electron chi connectivity index (χ4n) is 2.54. The van der Waals surface area contributed by atoms with E-state index in [-0.39, 0.29) is 5.78 Å². The topological polar surface area (TPSA) is 42.0 Å². The Morgan fingerprint density at radius 1 is 1.47 bits per heavy atom. The second-order valence-electron chi connectivity index (χ2n) is 4.83. The number of nitrogens with zero attached hydrogens (tertiary/aromatic N) is 1. The maximum atomic E-state index is 12.4. The van der Waals surface area contributed by atoms with Crippen molar-refractivity contribution < 1.29 is 4.79 Å². The van der Waals surface area contributed by atoms with Crippen molar-refractivity contribution in [3.63, 3.8) is 0 Å². The fourth-order valence-corrected chi connectivity index (χ4v) is 3.15. The lowest BCUT2D eigenvalue weighted by Gasteiger charge is -2.19. The number of nitrogens with one attached hydrogen (secondary N) is 1. The average Bonchev–Trinajstić information content (AvgIpc) is 2.83. The van der Waals surface area contributed by atoms with E-state index in [1.807, 2.05) is 24.4 Å². The summed E-state index contributed by atoms with van der Waals surface area (Å²) in [5, 5.41) is 6.33. The molecule has 0 fully saturated rings. The largest absolute Gasteiger partial charge is 0.312 e. The summed E-state index contributed by atoms with van der Waals surface area (Å²) in [5.74, 6) is 0.184. The number of fused-ring (bicyclic) bond motifs is 1. The van der Waals surface area contributed by atoms with E-state index >= 15 is 0 Å². The number of hydrogen-bond donors (Lipinski definition) is 1. The van der Waals surface area contributed by atoms with Crippen molar-refractivity contribution in [3.8, 4) is 0 Å². The third-order valence-electron chi connectivity index (χ3n) is 3.45. The van der Waals surface area contributed by atoms with Crippen LogP contribution in [0, 0.1) is 6.92 Å². The third-order valence-corrected chi connectivity index (χ3v) is 4.27. The van der Waals surface area contributed by atoms with E-state index in [0.29, 0.717) is 6.42 Å². The molecule has 98 valence electrons. The number of aromatic nitrogens is 1. The van der Waals surface area contributed by atoms with Gasteiger partial charge in [0.2, 0.25) is 0 Å². The van der Waals surface area contributed by atoms with Crippen LogP contribution >= 0.6 is 11.3 Å². The molecule has 3 nitrogen and oxygen atoms in total. The zero-order valence-corrected chi connectivity index (χ0v) is 11.7. The van der Waals surface area contributed by atoms with Crippen molar-refractivity contribution in [2.45, 2.75) is 26.3 Å². The summed E-state index contributed by atoms with van der Waals surface area (Å²) in [6.07, 6.45) is 1.35. The van der Waals surface area contributed by atoms with Crippen molar-refractivity contribution in [1.82, 2.24) is 10.3 Å². The Hall–Kier alpha value is -1.52. The average molecular weight is 272 g/mol. The van der Waals surface area contributed by atoms with E-state index in [1.165, 1.54) is 11.1 Å². The normalized spacial score (nSPS) is 14.2. The van der Waals surface area contributed by atoms with Crippen LogP contribution in [0.15, 0.2) is 23.6 Å². The van der Waals surface area contributed by atoms with Gasteiger partial charge in [-0.05, 0) is 31.0 Å². The van der Waals surface area contributed by atoms with Crippen molar-refractivity contribution >= 4 is 17.1 Å². The van der Waals surface area contributed by atoms with Crippen LogP contribution in [-0.2, 0) is 19.4 Å². The SMILES string of the molecule is Cc1nc(CC(=O)c2cccc3c2CCNC3)cs1. The maximum Gasteiger partial charge on any atom is 0.169 e. The van der Waals surface area contributed by atoms with E-state index in [1.54, 1.807) is 11.3 Å². The molecular formula is C15H16N2OS. The summed E-state index contributed by atoms with van der Waals surface area (Å²) in [6, 6.07) is 6.03. The second-order valence-corrected chi connectivity index (χ2v) is 5.89. The van der Waals surface area contributed by atoms with Crippen LogP contribution in [0.3, 0.4) is 0 Å². The molecule has 1 aromatic heterocycles. The van der Waals surface area contributed by atoms with Gasteiger partial charge in [0.25, 0.3) is 0 Å². The third kappa shape index (κ3) is 2.60. The molecule has 1 aliphatic heterocycles. The van der Waals surface area contributed by atoms with Crippen LogP contribution in [0.2, 0.25) is 0 Å². The second kappa shape index (κ2) is 5.23. The van der Waals surface area contributed by atoms with Crippen molar-refractivity contribution in [3.05, 3.63) is 51.0 Å². The molecule has 0 spiro atoms. The molecule has 3 rings (SSSR count). The summed E-state index contributed by atoms with van der Waals surface area (Å²) < 4.78 is 0. The summed E-state index contributed by atoms with van der Waals surface area (Å²) >= 11 is 1.60. The van der Waals surface area contributed by atoms with Crippen molar-refractivity contribution in [2.24, 2.45) is 0 Å². The van der Waals surface area contributed by atoms with Crippen LogP contribution in [-0.4, -0.2) is 17.3 Å². The highest BCUT2D eigenvalue weighted by molar-refractivity contribution is 7.09. The predicted octanol–water partition coefficient (Wildman–Crippen LogP) is 2.52. The minimum atomic E-state index is 0.184. The van der Waals surface area contributed by atoms with Gasteiger partial charge in [-0.1, -0.05) is 18.2 Å². The van der Waals surface area contributed by atoms with Gasteiger partial charge in [-0.2, -0.15) is 0 Å². The standard InChI is InChI=1S/C15H16N2OS/c1-10-17-12(9-19-10)7-15(18)14-4-2-3-11-8-16-6-5-13(11)14/h2-4,9,16H,5-8H2,1H3. The Kier molecular flexibility index (Phi) is 3.44. The molecule has 0 amide bonds. The maximum absolute atomic E-state index is 12.4. The van der Waals surface area contributed by atoms with Crippen molar-refractivity contribution in [2.75, 3.05) is 6.54 Å². The zero-order valence-electron chi connectivity index (χ0n) is 10.9. The molecule has 0 unspecified atom stereocenters. The zero-order chi connectivity index (χ0) is 13.2. The van der Waals surface area contributed by atoms with E-state index in [4.69, 9.17) is 0 Å². The van der Waals surface area contributed by atoms with Gasteiger partial charge in [-0.3, -0.25) is 4.79 Å². The number of rotatable bonds is 3. The van der Waals surface area contributed by atoms with Gasteiger partial charge in [0, 0.05) is 17.5 Å². The highest BCUT2D eigenvalue weighted by Gasteiger charge is 2.18. The fraction of sp³-hybridized carbons (Fsp3) is 0.333. The Labute approximate surface area is 116 Å². The Morgan fingerprint density at radius 3 is 3.16 bits per heavy atom. The first-order valence-electron chi connectivity index (χ1n) is 6.50. The summed E-state index contributed by atoms with van der Waals surface area (Å²) in [6.45, 7) is 3.79. The molecule has 1 aromatic carbocycles. The quantitative estimate of drug-likeness (QED) is 0.873. The van der Waals surface area contributed by atoms with Gasteiger partial charge >= 0.3 is 0 Å². The molecule has 0 aliphatic carbocycles. The number of aryl methyl sites for hydroxylation is 1. The van der Waals surface area contributed by atoms with E-state index in [2.05, 4.69) is 16.4 Å². The molecule has 19 heavy (non-hydrogen) atoms. The molecule has 4 heteroatoms. The first kappa shape index (κ1) is 12.5. The Balaban J connectivity index is 1.87. The van der Waals surface area contributed by atoms with Crippen LogP contribution in [0.1, 0.15) is 32.2 Å². The van der Waals surface area contributed by atoms with E-state index in [9.17, 15) is 4.79 Å². The molecule has 0 atom stereocenters. The lowest BCUT2D eigenvalue weighted by Crippen LogP contribution is -2.25. The van der Waals surface area contributed by atoms with Crippen LogP contribution < -0.4 is 5.32 Å². The summed E-state index contributed by atoms with van der Waals surface area (Å²) in [7, 11) is 0. The molecule has 0 saturated heterocycles. The Bertz CT molecular complexity index is 618. The van der Waals surface area contributed by atoms with Gasteiger partial charge in [-0.15, -0.1) is 11.3 Å². The van der Waals surface area contributed by atoms with E-state index in [0.717, 1.165) is 35.8 Å². The predicted molar refractivity (Wildman–Crippen MR) is 76.7 cm³/mol. The first-order chi connectivity index (χ1) is 9.24. The number of carbonyl (C=O) groups is 1. The lowest BCUT2D eigenvalue weighted by atomic mass is 9.92. The summed E-state index contributed by atoms with van der Waals surface area (Å²) in [5.41, 5.74) is 4.24. The van der Waals surface area contributed by atoms with Crippen molar-refractivity contribution in [1.29, 1.82) is 0 Å². The number of benzene rings is 1. The number of carbonyl (C=O) groups excluding carboxylic acids is 1. The number of ketones is 1. The van der Waals surface area contributed by atoms with Gasteiger partial charge < -0.3 is 5.32 Å². The molecule has 0 saturated carbocycles. The summed E-state index contributed by atoms with van der Waals surface area (Å²) in [4.78, 5) is 16.8. The smallest absolute Gasteiger partial charge is 0.169 e. The molecule has 2 heterocycles. The highest BCUT2D eigenvalue weighted by Crippen LogP contribution is 2.20. The number of hydrogen-bond acceptors (Lipinski definition) is 4. The molecule has 1 N–H and O–H groups in total. The van der Waals surface area contributed by atoms with Gasteiger partial charge in [0.1, 0.15) is 0 Å². The monoisotopic (exact) mass is 272 g/mol. The van der Waals surface area contributed by atoms with Crippen LogP contribution in [0.4, 0.5) is 0 Å². The molecule has 0 bridgehead atoms. The van der Waals surface area contributed by atoms with Gasteiger partial charge in [0.15, 0.2) is 5.78 Å². The van der Waals surface area contributed by atoms with Gasteiger partial charge in [0.05, 0.1) is 17.1 Å². The minimum Gasteiger partial charge on any atom is -0.312 e. The Morgan fingerprint density at radius 2 is 2.37 bits per heavy atom. The van der Waals surface area contributed by atoms with Gasteiger partial charge in [-0.25, -0.2) is 4.98 Å². The molecule has 0 radical (unpaired) electrons. The molecule has 1 aliphatic rings. The lowest BCUT2D eigenvalue weighted by molar-refractivity contribution is 0.0991. The first-order valence-corrected chi connectivity index (χ1v) is 7.37. The highest BCUT2D eigenvalue weighted by atomic mass is 32.1.